The zero-order valence-electron chi connectivity index (χ0n) is 11.8. The van der Waals surface area contributed by atoms with E-state index in [0.29, 0.717) is 6.61 Å². The lowest BCUT2D eigenvalue weighted by molar-refractivity contribution is 0.0769. The van der Waals surface area contributed by atoms with Gasteiger partial charge in [0.1, 0.15) is 6.10 Å². The summed E-state index contributed by atoms with van der Waals surface area (Å²) in [7, 11) is 3.31. The molecule has 1 amide bonds. The SMILES string of the molecule is COc1cc(C(=O)N[C@H]2CCO[C@@H]2c2ccnn2C)on1. The topological polar surface area (TPSA) is 91.4 Å². The first-order valence-electron chi connectivity index (χ1n) is 6.60. The highest BCUT2D eigenvalue weighted by Crippen LogP contribution is 2.29. The molecule has 1 aliphatic rings. The third kappa shape index (κ3) is 2.62. The second kappa shape index (κ2) is 5.57. The standard InChI is InChI=1S/C13H16N4O4/c1-17-9(3-5-14-17)12-8(4-6-20-12)15-13(18)10-7-11(19-2)16-21-10/h3,5,7-8,12H,4,6H2,1-2H3,(H,15,18)/t8-,12-/m0/s1. The maximum Gasteiger partial charge on any atom is 0.290 e. The summed E-state index contributed by atoms with van der Waals surface area (Å²) in [5.74, 6) is 0.0435. The summed E-state index contributed by atoms with van der Waals surface area (Å²) in [6, 6.07) is 3.20. The Hall–Kier alpha value is -2.35. The molecule has 0 unspecified atom stereocenters. The molecule has 0 bridgehead atoms. The van der Waals surface area contributed by atoms with Gasteiger partial charge in [-0.1, -0.05) is 0 Å². The monoisotopic (exact) mass is 292 g/mol. The van der Waals surface area contributed by atoms with Crippen LogP contribution in [0.1, 0.15) is 28.8 Å². The van der Waals surface area contributed by atoms with E-state index in [-0.39, 0.29) is 29.7 Å². The average Bonchev–Trinajstić information content (AvgIpc) is 3.18. The Labute approximate surface area is 121 Å². The van der Waals surface area contributed by atoms with Gasteiger partial charge in [0.25, 0.3) is 11.8 Å². The summed E-state index contributed by atoms with van der Waals surface area (Å²) in [6.45, 7) is 0.584. The molecule has 3 rings (SSSR count). The van der Waals surface area contributed by atoms with Gasteiger partial charge < -0.3 is 19.3 Å². The van der Waals surface area contributed by atoms with Gasteiger partial charge in [-0.25, -0.2) is 0 Å². The molecule has 0 aliphatic carbocycles. The van der Waals surface area contributed by atoms with E-state index in [1.165, 1.54) is 13.2 Å². The zero-order valence-corrected chi connectivity index (χ0v) is 11.8. The van der Waals surface area contributed by atoms with E-state index in [1.54, 1.807) is 10.9 Å². The van der Waals surface area contributed by atoms with E-state index in [2.05, 4.69) is 15.6 Å². The molecule has 0 saturated carbocycles. The third-order valence-electron chi connectivity index (χ3n) is 3.48. The highest BCUT2D eigenvalue weighted by atomic mass is 16.5. The second-order valence-electron chi connectivity index (χ2n) is 4.77. The van der Waals surface area contributed by atoms with Crippen LogP contribution in [0, 0.1) is 0 Å². The minimum absolute atomic E-state index is 0.113. The molecule has 2 aromatic rings. The van der Waals surface area contributed by atoms with Crippen LogP contribution in [0.25, 0.3) is 0 Å². The van der Waals surface area contributed by atoms with E-state index in [9.17, 15) is 4.79 Å². The fraction of sp³-hybridized carbons (Fsp3) is 0.462. The van der Waals surface area contributed by atoms with Crippen LogP contribution in [-0.2, 0) is 11.8 Å². The summed E-state index contributed by atoms with van der Waals surface area (Å²) in [6.07, 6.45) is 2.22. The van der Waals surface area contributed by atoms with Crippen molar-refractivity contribution in [3.63, 3.8) is 0 Å². The summed E-state index contributed by atoms with van der Waals surface area (Å²) >= 11 is 0. The Morgan fingerprint density at radius 1 is 1.57 bits per heavy atom. The van der Waals surface area contributed by atoms with E-state index < -0.39 is 0 Å². The number of hydrogen-bond acceptors (Lipinski definition) is 6. The van der Waals surface area contributed by atoms with Crippen LogP contribution in [0.3, 0.4) is 0 Å². The van der Waals surface area contributed by atoms with Crippen molar-refractivity contribution in [2.75, 3.05) is 13.7 Å². The predicted molar refractivity (Wildman–Crippen MR) is 70.8 cm³/mol. The Morgan fingerprint density at radius 3 is 3.10 bits per heavy atom. The lowest BCUT2D eigenvalue weighted by Crippen LogP contribution is -2.37. The molecule has 0 spiro atoms. The van der Waals surface area contributed by atoms with Gasteiger partial charge in [-0.3, -0.25) is 9.48 Å². The van der Waals surface area contributed by atoms with Crippen molar-refractivity contribution in [1.29, 1.82) is 0 Å². The molecule has 0 radical (unpaired) electrons. The lowest BCUT2D eigenvalue weighted by atomic mass is 10.1. The van der Waals surface area contributed by atoms with Crippen molar-refractivity contribution >= 4 is 5.91 Å². The molecule has 112 valence electrons. The summed E-state index contributed by atoms with van der Waals surface area (Å²) in [4.78, 5) is 12.2. The minimum atomic E-state index is -0.339. The highest BCUT2D eigenvalue weighted by Gasteiger charge is 2.33. The lowest BCUT2D eigenvalue weighted by Gasteiger charge is -2.19. The first-order valence-corrected chi connectivity index (χ1v) is 6.60. The van der Waals surface area contributed by atoms with Crippen molar-refractivity contribution in [2.24, 2.45) is 7.05 Å². The largest absolute Gasteiger partial charge is 0.479 e. The number of carbonyl (C=O) groups is 1. The van der Waals surface area contributed by atoms with Gasteiger partial charge in [0, 0.05) is 19.9 Å². The number of carbonyl (C=O) groups excluding carboxylic acids is 1. The Kier molecular flexibility index (Phi) is 3.61. The molecule has 1 fully saturated rings. The smallest absolute Gasteiger partial charge is 0.290 e. The van der Waals surface area contributed by atoms with Crippen molar-refractivity contribution in [3.8, 4) is 5.88 Å². The fourth-order valence-electron chi connectivity index (χ4n) is 2.39. The maximum atomic E-state index is 12.2. The third-order valence-corrected chi connectivity index (χ3v) is 3.48. The Bertz CT molecular complexity index is 636. The minimum Gasteiger partial charge on any atom is -0.479 e. The van der Waals surface area contributed by atoms with Gasteiger partial charge >= 0.3 is 0 Å². The van der Waals surface area contributed by atoms with E-state index in [1.807, 2.05) is 13.1 Å². The number of nitrogens with zero attached hydrogens (tertiary/aromatic N) is 3. The number of aryl methyl sites for hydroxylation is 1. The molecular weight excluding hydrogens is 276 g/mol. The normalized spacial score (nSPS) is 21.4. The van der Waals surface area contributed by atoms with Crippen LogP contribution >= 0.6 is 0 Å². The molecule has 1 N–H and O–H groups in total. The molecular formula is C13H16N4O4. The maximum absolute atomic E-state index is 12.2. The summed E-state index contributed by atoms with van der Waals surface area (Å²) < 4.78 is 17.3. The second-order valence-corrected chi connectivity index (χ2v) is 4.77. The number of amides is 1. The molecule has 2 aromatic heterocycles. The molecule has 21 heavy (non-hydrogen) atoms. The summed E-state index contributed by atoms with van der Waals surface area (Å²) in [5, 5.41) is 10.6. The molecule has 0 aromatic carbocycles. The van der Waals surface area contributed by atoms with Gasteiger partial charge in [0.15, 0.2) is 0 Å². The van der Waals surface area contributed by atoms with E-state index in [0.717, 1.165) is 12.1 Å². The number of nitrogens with one attached hydrogen (secondary N) is 1. The molecule has 1 saturated heterocycles. The number of aromatic nitrogens is 3. The van der Waals surface area contributed by atoms with Crippen molar-refractivity contribution in [3.05, 3.63) is 29.8 Å². The van der Waals surface area contributed by atoms with Crippen molar-refractivity contribution in [1.82, 2.24) is 20.3 Å². The van der Waals surface area contributed by atoms with Crippen LogP contribution < -0.4 is 10.1 Å². The van der Waals surface area contributed by atoms with Gasteiger partial charge in [-0.2, -0.15) is 5.10 Å². The van der Waals surface area contributed by atoms with Crippen LogP contribution in [-0.4, -0.2) is 40.6 Å². The van der Waals surface area contributed by atoms with Gasteiger partial charge in [0.05, 0.1) is 24.9 Å². The number of rotatable bonds is 4. The Balaban J connectivity index is 1.71. The first kappa shape index (κ1) is 13.6. The Morgan fingerprint density at radius 2 is 2.43 bits per heavy atom. The zero-order chi connectivity index (χ0) is 14.8. The van der Waals surface area contributed by atoms with Crippen LogP contribution in [0.2, 0.25) is 0 Å². The molecule has 8 heteroatoms. The summed E-state index contributed by atoms with van der Waals surface area (Å²) in [5.41, 5.74) is 0.924. The number of hydrogen-bond donors (Lipinski definition) is 1. The number of methoxy groups -OCH3 is 1. The van der Waals surface area contributed by atoms with Gasteiger partial charge in [0.2, 0.25) is 5.76 Å². The molecule has 8 nitrogen and oxygen atoms in total. The van der Waals surface area contributed by atoms with Gasteiger partial charge in [-0.05, 0) is 17.6 Å². The first-order chi connectivity index (χ1) is 10.2. The van der Waals surface area contributed by atoms with Crippen LogP contribution in [0.4, 0.5) is 0 Å². The van der Waals surface area contributed by atoms with Crippen LogP contribution in [0.5, 0.6) is 5.88 Å². The van der Waals surface area contributed by atoms with Crippen molar-refractivity contribution in [2.45, 2.75) is 18.6 Å². The average molecular weight is 292 g/mol. The fourth-order valence-corrected chi connectivity index (χ4v) is 2.39. The molecule has 2 atom stereocenters. The number of ether oxygens (including phenoxy) is 2. The van der Waals surface area contributed by atoms with Crippen molar-refractivity contribution < 1.29 is 18.8 Å². The van der Waals surface area contributed by atoms with E-state index in [4.69, 9.17) is 14.0 Å². The molecule has 1 aliphatic heterocycles. The predicted octanol–water partition coefficient (Wildman–Crippen LogP) is 0.677. The highest BCUT2D eigenvalue weighted by molar-refractivity contribution is 5.91. The molecule has 3 heterocycles. The quantitative estimate of drug-likeness (QED) is 0.891. The van der Waals surface area contributed by atoms with Crippen LogP contribution in [0.15, 0.2) is 22.9 Å². The van der Waals surface area contributed by atoms with E-state index >= 15 is 0 Å². The van der Waals surface area contributed by atoms with Gasteiger partial charge in [-0.15, -0.1) is 0 Å².